The highest BCUT2D eigenvalue weighted by atomic mass is 16.6. The molecule has 0 spiro atoms. The van der Waals surface area contributed by atoms with Crippen molar-refractivity contribution >= 4 is 35.9 Å². The van der Waals surface area contributed by atoms with Crippen LogP contribution in [0.2, 0.25) is 0 Å². The molecule has 0 bridgehead atoms. The van der Waals surface area contributed by atoms with Crippen LogP contribution in [0.25, 0.3) is 12.2 Å². The van der Waals surface area contributed by atoms with Crippen molar-refractivity contribution < 1.29 is 48.0 Å². The third-order valence-electron chi connectivity index (χ3n) is 5.50. The quantitative estimate of drug-likeness (QED) is 0.130. The van der Waals surface area contributed by atoms with Crippen LogP contribution in [0.1, 0.15) is 59.1 Å². The second-order valence-corrected chi connectivity index (χ2v) is 12.0. The van der Waals surface area contributed by atoms with Crippen LogP contribution in [0.5, 0.6) is 23.0 Å². The van der Waals surface area contributed by atoms with Crippen molar-refractivity contribution in [1.29, 1.82) is 0 Å². The molecule has 0 heterocycles. The van der Waals surface area contributed by atoms with E-state index in [9.17, 15) is 24.3 Å². The van der Waals surface area contributed by atoms with Crippen LogP contribution in [0, 0.1) is 0 Å². The van der Waals surface area contributed by atoms with Crippen LogP contribution in [-0.4, -0.2) is 73.5 Å². The standard InChI is InChI=1S/C34H44N2O10/c1-33(2,3)45-31(40)35-16-18-43-28-14-10-23(20-27(28)39)8-12-25(37)22-26(38)13-9-24-11-15-29(30(21-24)42-7)44-19-17-36-32(41)46-34(4,5)6/h8-15,20-21,39H,16-19,22H2,1-7H3,(H,35,40)(H,36,41)/b12-8+,13-9+. The average Bonchev–Trinajstić information content (AvgIpc) is 2.94. The largest absolute Gasteiger partial charge is 0.504 e. The van der Waals surface area contributed by atoms with E-state index < -0.39 is 35.0 Å². The third kappa shape index (κ3) is 15.1. The zero-order chi connectivity index (χ0) is 34.3. The summed E-state index contributed by atoms with van der Waals surface area (Å²) in [6.07, 6.45) is 4.18. The number of methoxy groups -OCH3 is 1. The van der Waals surface area contributed by atoms with Gasteiger partial charge in [-0.3, -0.25) is 9.59 Å². The highest BCUT2D eigenvalue weighted by molar-refractivity contribution is 6.10. The lowest BCUT2D eigenvalue weighted by atomic mass is 10.1. The Morgan fingerprint density at radius 3 is 1.61 bits per heavy atom. The molecule has 0 saturated carbocycles. The maximum Gasteiger partial charge on any atom is 0.407 e. The first kappa shape index (κ1) is 37.2. The minimum atomic E-state index is -0.608. The number of hydrogen-bond donors (Lipinski definition) is 3. The minimum Gasteiger partial charge on any atom is -0.504 e. The van der Waals surface area contributed by atoms with Gasteiger partial charge in [0.25, 0.3) is 0 Å². The molecule has 12 nitrogen and oxygen atoms in total. The molecule has 0 aliphatic heterocycles. The molecule has 250 valence electrons. The van der Waals surface area contributed by atoms with Crippen LogP contribution in [0.4, 0.5) is 9.59 Å². The number of benzene rings is 2. The van der Waals surface area contributed by atoms with E-state index in [0.29, 0.717) is 22.6 Å². The number of amides is 2. The van der Waals surface area contributed by atoms with Crippen LogP contribution >= 0.6 is 0 Å². The van der Waals surface area contributed by atoms with Crippen LogP contribution in [0.3, 0.4) is 0 Å². The third-order valence-corrected chi connectivity index (χ3v) is 5.50. The number of carbonyl (C=O) groups excluding carboxylic acids is 4. The van der Waals surface area contributed by atoms with Gasteiger partial charge in [-0.2, -0.15) is 0 Å². The molecule has 0 aliphatic carbocycles. The summed E-state index contributed by atoms with van der Waals surface area (Å²) < 4.78 is 26.9. The summed E-state index contributed by atoms with van der Waals surface area (Å²) >= 11 is 0. The SMILES string of the molecule is COc1cc(/C=C/C(=O)CC(=O)/C=C/c2ccc(OCCNC(=O)OC(C)(C)C)c(O)c2)ccc1OCCNC(=O)OC(C)(C)C. The summed E-state index contributed by atoms with van der Waals surface area (Å²) in [5.74, 6) is 0.148. The average molecular weight is 641 g/mol. The Morgan fingerprint density at radius 2 is 1.15 bits per heavy atom. The van der Waals surface area contributed by atoms with E-state index in [0.717, 1.165) is 0 Å². The Kier molecular flexibility index (Phi) is 14.1. The van der Waals surface area contributed by atoms with Gasteiger partial charge >= 0.3 is 12.2 Å². The van der Waals surface area contributed by atoms with E-state index >= 15 is 0 Å². The van der Waals surface area contributed by atoms with Crippen LogP contribution in [-0.2, 0) is 19.1 Å². The molecule has 2 rings (SSSR count). The zero-order valence-corrected chi connectivity index (χ0v) is 27.4. The van der Waals surface area contributed by atoms with Gasteiger partial charge in [-0.15, -0.1) is 0 Å². The second-order valence-electron chi connectivity index (χ2n) is 12.0. The van der Waals surface area contributed by atoms with E-state index in [-0.39, 0.29) is 44.2 Å². The van der Waals surface area contributed by atoms with Crippen molar-refractivity contribution in [3.8, 4) is 23.0 Å². The van der Waals surface area contributed by atoms with Crippen molar-refractivity contribution in [2.24, 2.45) is 0 Å². The van der Waals surface area contributed by atoms with Gasteiger partial charge in [0.15, 0.2) is 34.6 Å². The summed E-state index contributed by atoms with van der Waals surface area (Å²) in [5.41, 5.74) is -0.0123. The molecular weight excluding hydrogens is 596 g/mol. The van der Waals surface area contributed by atoms with Gasteiger partial charge in [0.05, 0.1) is 26.6 Å². The van der Waals surface area contributed by atoms with E-state index in [1.807, 2.05) is 0 Å². The smallest absolute Gasteiger partial charge is 0.407 e. The lowest BCUT2D eigenvalue weighted by Crippen LogP contribution is -2.34. The van der Waals surface area contributed by atoms with Gasteiger partial charge in [0, 0.05) is 0 Å². The molecule has 2 aromatic rings. The van der Waals surface area contributed by atoms with Crippen molar-refractivity contribution in [3.05, 3.63) is 59.7 Å². The first-order valence-electron chi connectivity index (χ1n) is 14.7. The van der Waals surface area contributed by atoms with E-state index in [1.165, 1.54) is 37.5 Å². The Morgan fingerprint density at radius 1 is 0.696 bits per heavy atom. The molecular formula is C34H44N2O10. The normalized spacial score (nSPS) is 11.6. The molecule has 12 heteroatoms. The topological polar surface area (TPSA) is 159 Å². The first-order chi connectivity index (χ1) is 21.5. The molecule has 0 atom stereocenters. The maximum atomic E-state index is 12.4. The minimum absolute atomic E-state index is 0.107. The van der Waals surface area contributed by atoms with E-state index in [1.54, 1.807) is 71.9 Å². The molecule has 0 aromatic heterocycles. The number of alkyl carbamates (subject to hydrolysis) is 2. The number of phenolic OH excluding ortho intramolecular Hbond substituents is 1. The molecule has 46 heavy (non-hydrogen) atoms. The molecule has 3 N–H and O–H groups in total. The number of ketones is 2. The molecule has 0 saturated heterocycles. The monoisotopic (exact) mass is 640 g/mol. The molecule has 0 aliphatic rings. The van der Waals surface area contributed by atoms with Crippen molar-refractivity contribution in [1.82, 2.24) is 10.6 Å². The summed E-state index contributed by atoms with van der Waals surface area (Å²) in [6.45, 7) is 11.3. The van der Waals surface area contributed by atoms with E-state index in [2.05, 4.69) is 10.6 Å². The van der Waals surface area contributed by atoms with Gasteiger partial charge < -0.3 is 39.4 Å². The van der Waals surface area contributed by atoms with Gasteiger partial charge in [-0.25, -0.2) is 9.59 Å². The number of nitrogens with one attached hydrogen (secondary N) is 2. The lowest BCUT2D eigenvalue weighted by Gasteiger charge is -2.19. The second kappa shape index (κ2) is 17.5. The Labute approximate surface area is 269 Å². The number of aromatic hydroxyl groups is 1. The molecule has 2 aromatic carbocycles. The maximum absolute atomic E-state index is 12.4. The van der Waals surface area contributed by atoms with E-state index in [4.69, 9.17) is 23.7 Å². The van der Waals surface area contributed by atoms with Crippen molar-refractivity contribution in [3.63, 3.8) is 0 Å². The van der Waals surface area contributed by atoms with Gasteiger partial charge in [0.1, 0.15) is 24.4 Å². The van der Waals surface area contributed by atoms with Crippen molar-refractivity contribution in [2.45, 2.75) is 59.2 Å². The Hall–Kier alpha value is -5.00. The first-order valence-corrected chi connectivity index (χ1v) is 14.7. The fraction of sp³-hybridized carbons (Fsp3) is 0.412. The highest BCUT2D eigenvalue weighted by Crippen LogP contribution is 2.29. The Bertz CT molecular complexity index is 1420. The fourth-order valence-electron chi connectivity index (χ4n) is 3.59. The lowest BCUT2D eigenvalue weighted by molar-refractivity contribution is -0.121. The highest BCUT2D eigenvalue weighted by Gasteiger charge is 2.17. The molecule has 0 radical (unpaired) electrons. The number of allylic oxidation sites excluding steroid dienone is 2. The summed E-state index contributed by atoms with van der Waals surface area (Å²) in [7, 11) is 1.48. The van der Waals surface area contributed by atoms with Crippen molar-refractivity contribution in [2.75, 3.05) is 33.4 Å². The Balaban J connectivity index is 1.81. The number of rotatable bonds is 15. The van der Waals surface area contributed by atoms with Crippen LogP contribution < -0.4 is 24.8 Å². The fourth-order valence-corrected chi connectivity index (χ4v) is 3.59. The summed E-state index contributed by atoms with van der Waals surface area (Å²) in [6, 6.07) is 9.67. The number of phenols is 1. The van der Waals surface area contributed by atoms with Crippen LogP contribution in [0.15, 0.2) is 48.6 Å². The van der Waals surface area contributed by atoms with Gasteiger partial charge in [-0.05, 0) is 89.1 Å². The molecule has 2 amide bonds. The summed E-state index contributed by atoms with van der Waals surface area (Å²) in [4.78, 5) is 48.1. The zero-order valence-electron chi connectivity index (χ0n) is 27.4. The number of ether oxygens (including phenoxy) is 5. The molecule has 0 fully saturated rings. The number of hydrogen-bond acceptors (Lipinski definition) is 10. The van der Waals surface area contributed by atoms with Gasteiger partial charge in [0.2, 0.25) is 0 Å². The predicted molar refractivity (Wildman–Crippen MR) is 173 cm³/mol. The summed E-state index contributed by atoms with van der Waals surface area (Å²) in [5, 5.41) is 15.4. The molecule has 0 unspecified atom stereocenters. The van der Waals surface area contributed by atoms with Gasteiger partial charge in [-0.1, -0.05) is 24.3 Å². The predicted octanol–water partition coefficient (Wildman–Crippen LogP) is 5.46. The number of carbonyl (C=O) groups is 4.